The highest BCUT2D eigenvalue weighted by molar-refractivity contribution is 6.36. The number of anilines is 1. The number of para-hydroxylation sites is 1. The number of Topliss-reactive ketones (excluding diaryl/α,β-unsaturated/α-hetero) is 1. The predicted molar refractivity (Wildman–Crippen MR) is 113 cm³/mol. The van der Waals surface area contributed by atoms with Crippen molar-refractivity contribution in [1.82, 2.24) is 0 Å². The molecule has 0 N–H and O–H groups in total. The zero-order chi connectivity index (χ0) is 20.1. The Bertz CT molecular complexity index is 975. The van der Waals surface area contributed by atoms with Gasteiger partial charge in [-0.25, -0.2) is 0 Å². The predicted octanol–water partition coefficient (Wildman–Crippen LogP) is 6.16. The van der Waals surface area contributed by atoms with Crippen LogP contribution in [-0.2, 0) is 9.59 Å². The summed E-state index contributed by atoms with van der Waals surface area (Å²) in [5.74, 6) is -0.385. The molecule has 3 nitrogen and oxygen atoms in total. The van der Waals surface area contributed by atoms with Crippen molar-refractivity contribution in [3.8, 4) is 0 Å². The summed E-state index contributed by atoms with van der Waals surface area (Å²) < 4.78 is 0. The van der Waals surface area contributed by atoms with Gasteiger partial charge in [0.25, 0.3) is 0 Å². The molecule has 0 radical (unpaired) electrons. The molecule has 0 aromatic heterocycles. The van der Waals surface area contributed by atoms with Gasteiger partial charge < -0.3 is 0 Å². The molecule has 2 aliphatic rings. The van der Waals surface area contributed by atoms with E-state index in [0.29, 0.717) is 34.0 Å². The fourth-order valence-electron chi connectivity index (χ4n) is 4.38. The Labute approximate surface area is 174 Å². The maximum atomic E-state index is 13.3. The first kappa shape index (κ1) is 19.2. The second-order valence-corrected chi connectivity index (χ2v) is 9.07. The van der Waals surface area contributed by atoms with Crippen molar-refractivity contribution in [3.05, 3.63) is 75.4 Å². The van der Waals surface area contributed by atoms with E-state index in [1.54, 1.807) is 23.1 Å². The molecule has 1 atom stereocenters. The first-order valence-corrected chi connectivity index (χ1v) is 10.1. The van der Waals surface area contributed by atoms with Gasteiger partial charge in [0.15, 0.2) is 5.78 Å². The number of amides is 1. The number of hydrogen-bond donors (Lipinski definition) is 0. The van der Waals surface area contributed by atoms with Crippen LogP contribution in [0.2, 0.25) is 10.0 Å². The molecule has 1 unspecified atom stereocenters. The fraction of sp³-hybridized carbons (Fsp3) is 0.304. The van der Waals surface area contributed by atoms with E-state index in [2.05, 4.69) is 13.8 Å². The van der Waals surface area contributed by atoms with Crippen LogP contribution in [0, 0.1) is 5.41 Å². The van der Waals surface area contributed by atoms with Gasteiger partial charge in [0.2, 0.25) is 5.91 Å². The average Bonchev–Trinajstić information content (AvgIpc) is 2.60. The third-order valence-electron chi connectivity index (χ3n) is 5.51. The Morgan fingerprint density at radius 3 is 2.21 bits per heavy atom. The van der Waals surface area contributed by atoms with E-state index in [1.165, 1.54) is 0 Å². The second kappa shape index (κ2) is 7.06. The smallest absolute Gasteiger partial charge is 0.232 e. The lowest BCUT2D eigenvalue weighted by Gasteiger charge is -2.43. The van der Waals surface area contributed by atoms with E-state index in [0.717, 1.165) is 11.4 Å². The van der Waals surface area contributed by atoms with Crippen molar-refractivity contribution in [2.45, 2.75) is 39.0 Å². The molecule has 2 aromatic rings. The molecule has 144 valence electrons. The number of allylic oxidation sites excluding steroid dienone is 2. The molecule has 5 heteroatoms. The lowest BCUT2D eigenvalue weighted by molar-refractivity contribution is -0.120. The van der Waals surface area contributed by atoms with E-state index in [1.807, 2.05) is 30.3 Å². The summed E-state index contributed by atoms with van der Waals surface area (Å²) in [5.41, 5.74) is 2.71. The first-order valence-electron chi connectivity index (χ1n) is 9.37. The zero-order valence-electron chi connectivity index (χ0n) is 15.8. The molecule has 0 saturated carbocycles. The van der Waals surface area contributed by atoms with E-state index in [9.17, 15) is 9.59 Å². The van der Waals surface area contributed by atoms with Gasteiger partial charge in [0.1, 0.15) is 0 Å². The zero-order valence-corrected chi connectivity index (χ0v) is 17.3. The number of hydrogen-bond acceptors (Lipinski definition) is 2. The van der Waals surface area contributed by atoms with Crippen LogP contribution in [0.1, 0.15) is 44.6 Å². The summed E-state index contributed by atoms with van der Waals surface area (Å²) >= 11 is 12.9. The quantitative estimate of drug-likeness (QED) is 0.591. The molecule has 0 spiro atoms. The third-order valence-corrected chi connectivity index (χ3v) is 6.16. The lowest BCUT2D eigenvalue weighted by atomic mass is 9.69. The molecule has 2 aromatic carbocycles. The van der Waals surface area contributed by atoms with Crippen LogP contribution in [0.5, 0.6) is 0 Å². The molecule has 1 aliphatic heterocycles. The topological polar surface area (TPSA) is 37.4 Å². The molecule has 28 heavy (non-hydrogen) atoms. The van der Waals surface area contributed by atoms with Gasteiger partial charge in [-0.15, -0.1) is 0 Å². The van der Waals surface area contributed by atoms with Gasteiger partial charge in [-0.1, -0.05) is 61.3 Å². The van der Waals surface area contributed by atoms with Gasteiger partial charge in [-0.3, -0.25) is 14.5 Å². The van der Waals surface area contributed by atoms with E-state index in [4.69, 9.17) is 23.2 Å². The van der Waals surface area contributed by atoms with Crippen molar-refractivity contribution in [1.29, 1.82) is 0 Å². The third kappa shape index (κ3) is 3.27. The molecule has 4 rings (SSSR count). The van der Waals surface area contributed by atoms with Crippen molar-refractivity contribution in [2.24, 2.45) is 5.41 Å². The highest BCUT2D eigenvalue weighted by Gasteiger charge is 2.45. The van der Waals surface area contributed by atoms with Crippen LogP contribution in [0.15, 0.2) is 59.8 Å². The maximum Gasteiger partial charge on any atom is 0.232 e. The normalized spacial score (nSPS) is 21.7. The molecule has 1 heterocycles. The average molecular weight is 414 g/mol. The van der Waals surface area contributed by atoms with Gasteiger partial charge >= 0.3 is 0 Å². The molecule has 1 aliphatic carbocycles. The summed E-state index contributed by atoms with van der Waals surface area (Å²) in [6.07, 6.45) is 1.26. The summed E-state index contributed by atoms with van der Waals surface area (Å²) in [6.45, 7) is 4.13. The van der Waals surface area contributed by atoms with Gasteiger partial charge in [0, 0.05) is 45.8 Å². The molecular weight excluding hydrogens is 393 g/mol. The number of ketones is 1. The highest BCUT2D eigenvalue weighted by atomic mass is 35.5. The molecule has 0 fully saturated rings. The van der Waals surface area contributed by atoms with Crippen LogP contribution >= 0.6 is 23.2 Å². The largest absolute Gasteiger partial charge is 0.294 e. The van der Waals surface area contributed by atoms with Crippen LogP contribution in [0.25, 0.3) is 0 Å². The van der Waals surface area contributed by atoms with Crippen LogP contribution < -0.4 is 4.90 Å². The van der Waals surface area contributed by atoms with Crippen LogP contribution in [-0.4, -0.2) is 11.7 Å². The molecule has 1 amide bonds. The van der Waals surface area contributed by atoms with Crippen molar-refractivity contribution in [3.63, 3.8) is 0 Å². The number of halogens is 2. The summed E-state index contributed by atoms with van der Waals surface area (Å²) in [6, 6.07) is 14.8. The summed E-state index contributed by atoms with van der Waals surface area (Å²) in [5, 5.41) is 0.978. The molecular formula is C23H21Cl2NO2. The van der Waals surface area contributed by atoms with E-state index >= 15 is 0 Å². The van der Waals surface area contributed by atoms with Crippen molar-refractivity contribution in [2.75, 3.05) is 4.90 Å². The van der Waals surface area contributed by atoms with Gasteiger partial charge in [-0.2, -0.15) is 0 Å². The van der Waals surface area contributed by atoms with Crippen molar-refractivity contribution < 1.29 is 9.59 Å². The first-order chi connectivity index (χ1) is 13.3. The maximum absolute atomic E-state index is 13.3. The summed E-state index contributed by atoms with van der Waals surface area (Å²) in [4.78, 5) is 28.2. The lowest BCUT2D eigenvalue weighted by Crippen LogP contribution is -2.43. The number of carbonyl (C=O) groups is 2. The van der Waals surface area contributed by atoms with E-state index < -0.39 is 5.92 Å². The summed E-state index contributed by atoms with van der Waals surface area (Å²) in [7, 11) is 0. The van der Waals surface area contributed by atoms with E-state index in [-0.39, 0.29) is 23.5 Å². The van der Waals surface area contributed by atoms with Crippen molar-refractivity contribution >= 4 is 40.6 Å². The Morgan fingerprint density at radius 2 is 1.57 bits per heavy atom. The minimum atomic E-state index is -0.410. The Kier molecular flexibility index (Phi) is 4.84. The SMILES string of the molecule is CC1(C)CC(=O)C2=C(C1)N(c1ccccc1)C(=O)CC2c1c(Cl)cccc1Cl. The fourth-order valence-corrected chi connectivity index (χ4v) is 5.04. The van der Waals surface area contributed by atoms with Gasteiger partial charge in [-0.05, 0) is 41.7 Å². The monoisotopic (exact) mass is 413 g/mol. The Balaban J connectivity index is 1.95. The standard InChI is InChI=1S/C23H21Cl2NO2/c1-23(2)12-18-22(19(27)13-23)15(21-16(24)9-6-10-17(21)25)11-20(28)26(18)14-7-4-3-5-8-14/h3-10,15H,11-13H2,1-2H3. The number of carbonyl (C=O) groups excluding carboxylic acids is 2. The van der Waals surface area contributed by atoms with Crippen LogP contribution in [0.3, 0.4) is 0 Å². The minimum absolute atomic E-state index is 0.0450. The molecule has 0 bridgehead atoms. The minimum Gasteiger partial charge on any atom is -0.294 e. The Hall–Kier alpha value is -2.10. The van der Waals surface area contributed by atoms with Gasteiger partial charge in [0.05, 0.1) is 0 Å². The molecule has 0 saturated heterocycles. The Morgan fingerprint density at radius 1 is 0.929 bits per heavy atom. The van der Waals surface area contributed by atoms with Crippen LogP contribution in [0.4, 0.5) is 5.69 Å². The highest BCUT2D eigenvalue weighted by Crippen LogP contribution is 2.50. The number of nitrogens with zero attached hydrogens (tertiary/aromatic N) is 1. The second-order valence-electron chi connectivity index (χ2n) is 8.26. The number of benzene rings is 2. The number of rotatable bonds is 2.